The first kappa shape index (κ1) is 16.6. The molecule has 1 aliphatic rings. The minimum atomic E-state index is -3.58. The molecule has 122 valence electrons. The van der Waals surface area contributed by atoms with Gasteiger partial charge in [0.25, 0.3) is 0 Å². The monoisotopic (exact) mass is 326 g/mol. The van der Waals surface area contributed by atoms with Gasteiger partial charge in [-0.2, -0.15) is 0 Å². The van der Waals surface area contributed by atoms with Crippen molar-refractivity contribution in [3.05, 3.63) is 24.3 Å². The van der Waals surface area contributed by atoms with Gasteiger partial charge in [-0.3, -0.25) is 9.10 Å². The SMILES string of the molecule is CC[C@@H](C(=O)NC1CC1)N(c1ccc(OC)cc1)S(C)(=O)=O. The molecule has 7 heteroatoms. The Balaban J connectivity index is 2.32. The maximum atomic E-state index is 12.4. The Morgan fingerprint density at radius 1 is 1.36 bits per heavy atom. The predicted octanol–water partition coefficient (Wildman–Crippen LogP) is 1.52. The molecule has 1 saturated carbocycles. The van der Waals surface area contributed by atoms with Crippen LogP contribution in [0.15, 0.2) is 24.3 Å². The molecule has 0 radical (unpaired) electrons. The standard InChI is InChI=1S/C15H22N2O4S/c1-4-14(15(18)16-11-5-6-11)17(22(3,19)20)12-7-9-13(21-2)10-8-12/h7-11,14H,4-6H2,1-3H3,(H,16,18)/t14-/m0/s1. The van der Waals surface area contributed by atoms with Gasteiger partial charge in [0.1, 0.15) is 11.8 Å². The Labute approximate surface area is 131 Å². The van der Waals surface area contributed by atoms with E-state index < -0.39 is 16.1 Å². The Morgan fingerprint density at radius 2 is 1.95 bits per heavy atom. The van der Waals surface area contributed by atoms with Crippen LogP contribution < -0.4 is 14.4 Å². The quantitative estimate of drug-likeness (QED) is 0.824. The molecular formula is C15H22N2O4S. The fourth-order valence-corrected chi connectivity index (χ4v) is 3.53. The van der Waals surface area contributed by atoms with Gasteiger partial charge in [-0.05, 0) is 43.5 Å². The van der Waals surface area contributed by atoms with Crippen molar-refractivity contribution in [1.29, 1.82) is 0 Å². The van der Waals surface area contributed by atoms with E-state index in [2.05, 4.69) is 5.32 Å². The smallest absolute Gasteiger partial charge is 0.244 e. The fourth-order valence-electron chi connectivity index (χ4n) is 2.31. The van der Waals surface area contributed by atoms with Crippen LogP contribution in [-0.4, -0.2) is 39.8 Å². The molecule has 6 nitrogen and oxygen atoms in total. The minimum Gasteiger partial charge on any atom is -0.497 e. The van der Waals surface area contributed by atoms with Gasteiger partial charge in [-0.1, -0.05) is 6.92 Å². The molecule has 1 N–H and O–H groups in total. The molecule has 0 heterocycles. The molecule has 1 aromatic rings. The van der Waals surface area contributed by atoms with Gasteiger partial charge in [-0.15, -0.1) is 0 Å². The third-order valence-corrected chi connectivity index (χ3v) is 4.76. The summed E-state index contributed by atoms with van der Waals surface area (Å²) < 4.78 is 30.7. The molecule has 1 aliphatic carbocycles. The summed E-state index contributed by atoms with van der Waals surface area (Å²) in [5.74, 6) is 0.388. The Kier molecular flexibility index (Phi) is 4.95. The van der Waals surface area contributed by atoms with Gasteiger partial charge in [0.05, 0.1) is 19.1 Å². The van der Waals surface area contributed by atoms with Gasteiger partial charge in [0.15, 0.2) is 0 Å². The molecule has 0 saturated heterocycles. The first-order chi connectivity index (χ1) is 10.4. The third-order valence-electron chi connectivity index (χ3n) is 3.58. The van der Waals surface area contributed by atoms with Gasteiger partial charge >= 0.3 is 0 Å². The zero-order valence-corrected chi connectivity index (χ0v) is 13.9. The molecule has 1 fully saturated rings. The van der Waals surface area contributed by atoms with E-state index in [0.29, 0.717) is 17.9 Å². The number of rotatable bonds is 7. The van der Waals surface area contributed by atoms with Gasteiger partial charge < -0.3 is 10.1 Å². The van der Waals surface area contributed by atoms with E-state index in [4.69, 9.17) is 4.74 Å². The number of sulfonamides is 1. The molecule has 0 aliphatic heterocycles. The number of amides is 1. The molecule has 0 bridgehead atoms. The summed E-state index contributed by atoms with van der Waals surface area (Å²) in [5.41, 5.74) is 0.459. The van der Waals surface area contributed by atoms with Crippen LogP contribution in [0, 0.1) is 0 Å². The van der Waals surface area contributed by atoms with Crippen LogP contribution in [0.5, 0.6) is 5.75 Å². The van der Waals surface area contributed by atoms with Gasteiger partial charge in [-0.25, -0.2) is 8.42 Å². The van der Waals surface area contributed by atoms with Crippen molar-refractivity contribution in [3.63, 3.8) is 0 Å². The predicted molar refractivity (Wildman–Crippen MR) is 85.6 cm³/mol. The van der Waals surface area contributed by atoms with Crippen LogP contribution in [0.2, 0.25) is 0 Å². The van der Waals surface area contributed by atoms with Crippen LogP contribution in [0.3, 0.4) is 0 Å². The molecule has 2 rings (SSSR count). The molecule has 1 atom stereocenters. The minimum absolute atomic E-state index is 0.193. The van der Waals surface area contributed by atoms with E-state index in [9.17, 15) is 13.2 Å². The number of hydrogen-bond acceptors (Lipinski definition) is 4. The van der Waals surface area contributed by atoms with E-state index in [1.807, 2.05) is 0 Å². The summed E-state index contributed by atoms with van der Waals surface area (Å²) in [5, 5.41) is 2.88. The van der Waals surface area contributed by atoms with Gasteiger partial charge in [0.2, 0.25) is 15.9 Å². The largest absolute Gasteiger partial charge is 0.497 e. The number of anilines is 1. The van der Waals surface area contributed by atoms with Crippen LogP contribution >= 0.6 is 0 Å². The van der Waals surface area contributed by atoms with E-state index >= 15 is 0 Å². The van der Waals surface area contributed by atoms with Crippen molar-refractivity contribution in [3.8, 4) is 5.75 Å². The van der Waals surface area contributed by atoms with Crippen molar-refractivity contribution in [2.75, 3.05) is 17.7 Å². The first-order valence-corrected chi connectivity index (χ1v) is 9.15. The summed E-state index contributed by atoms with van der Waals surface area (Å²) in [6.45, 7) is 1.80. The van der Waals surface area contributed by atoms with Crippen molar-refractivity contribution >= 4 is 21.6 Å². The maximum Gasteiger partial charge on any atom is 0.244 e. The lowest BCUT2D eigenvalue weighted by Gasteiger charge is -2.30. The Morgan fingerprint density at radius 3 is 2.36 bits per heavy atom. The number of benzene rings is 1. The highest BCUT2D eigenvalue weighted by atomic mass is 32.2. The Bertz CT molecular complexity index is 623. The van der Waals surface area contributed by atoms with Crippen molar-refractivity contribution in [2.45, 2.75) is 38.3 Å². The summed E-state index contributed by atoms with van der Waals surface area (Å²) in [4.78, 5) is 12.4. The van der Waals surface area contributed by atoms with Gasteiger partial charge in [0, 0.05) is 6.04 Å². The van der Waals surface area contributed by atoms with Crippen molar-refractivity contribution < 1.29 is 17.9 Å². The second kappa shape index (κ2) is 6.56. The van der Waals surface area contributed by atoms with E-state index in [-0.39, 0.29) is 11.9 Å². The lowest BCUT2D eigenvalue weighted by atomic mass is 10.2. The summed E-state index contributed by atoms with van der Waals surface area (Å²) in [6.07, 6.45) is 3.44. The molecule has 1 aromatic carbocycles. The lowest BCUT2D eigenvalue weighted by molar-refractivity contribution is -0.122. The highest BCUT2D eigenvalue weighted by molar-refractivity contribution is 7.92. The second-order valence-corrected chi connectivity index (χ2v) is 7.32. The summed E-state index contributed by atoms with van der Waals surface area (Å²) in [6, 6.07) is 6.10. The lowest BCUT2D eigenvalue weighted by Crippen LogP contribution is -2.49. The van der Waals surface area contributed by atoms with Crippen LogP contribution in [0.1, 0.15) is 26.2 Å². The van der Waals surface area contributed by atoms with E-state index in [1.165, 1.54) is 4.31 Å². The number of carbonyl (C=O) groups excluding carboxylic acids is 1. The topological polar surface area (TPSA) is 75.7 Å². The first-order valence-electron chi connectivity index (χ1n) is 7.30. The van der Waals surface area contributed by atoms with Crippen LogP contribution in [0.4, 0.5) is 5.69 Å². The van der Waals surface area contributed by atoms with Crippen LogP contribution in [-0.2, 0) is 14.8 Å². The third kappa shape index (κ3) is 3.91. The number of methoxy groups -OCH3 is 1. The number of nitrogens with one attached hydrogen (secondary N) is 1. The summed E-state index contributed by atoms with van der Waals surface area (Å²) >= 11 is 0. The van der Waals surface area contributed by atoms with Crippen molar-refractivity contribution in [2.24, 2.45) is 0 Å². The van der Waals surface area contributed by atoms with E-state index in [0.717, 1.165) is 19.1 Å². The van der Waals surface area contributed by atoms with Crippen LogP contribution in [0.25, 0.3) is 0 Å². The molecule has 0 unspecified atom stereocenters. The normalized spacial score (nSPS) is 16.0. The average Bonchev–Trinajstić information content (AvgIpc) is 3.27. The zero-order valence-electron chi connectivity index (χ0n) is 13.1. The summed E-state index contributed by atoms with van der Waals surface area (Å²) in [7, 11) is -2.03. The Hall–Kier alpha value is -1.76. The number of hydrogen-bond donors (Lipinski definition) is 1. The molecule has 0 aromatic heterocycles. The second-order valence-electron chi connectivity index (χ2n) is 5.46. The zero-order chi connectivity index (χ0) is 16.3. The highest BCUT2D eigenvalue weighted by Gasteiger charge is 2.34. The van der Waals surface area contributed by atoms with E-state index in [1.54, 1.807) is 38.3 Å². The molecule has 22 heavy (non-hydrogen) atoms. The van der Waals surface area contributed by atoms with Crippen molar-refractivity contribution in [1.82, 2.24) is 5.32 Å². The molecule has 1 amide bonds. The maximum absolute atomic E-state index is 12.4. The molecular weight excluding hydrogens is 304 g/mol. The fraction of sp³-hybridized carbons (Fsp3) is 0.533. The highest BCUT2D eigenvalue weighted by Crippen LogP contribution is 2.26. The average molecular weight is 326 g/mol. The number of carbonyl (C=O) groups is 1. The molecule has 0 spiro atoms. The number of nitrogens with zero attached hydrogens (tertiary/aromatic N) is 1. The number of ether oxygens (including phenoxy) is 1.